The maximum absolute atomic E-state index is 12.7. The first-order valence-electron chi connectivity index (χ1n) is 9.97. The number of hydrogen-bond donors (Lipinski definition) is 1. The highest BCUT2D eigenvalue weighted by Gasteiger charge is 2.20. The van der Waals surface area contributed by atoms with E-state index in [0.717, 1.165) is 19.3 Å². The zero-order valence-corrected chi connectivity index (χ0v) is 17.2. The third-order valence-electron chi connectivity index (χ3n) is 5.06. The summed E-state index contributed by atoms with van der Waals surface area (Å²) in [5, 5.41) is 4.82. The van der Waals surface area contributed by atoms with Crippen molar-refractivity contribution in [3.05, 3.63) is 52.2 Å². The lowest BCUT2D eigenvalue weighted by Gasteiger charge is -2.22. The monoisotopic (exact) mass is 400 g/mol. The molecule has 28 heavy (non-hydrogen) atoms. The molecule has 1 aromatic heterocycles. The number of nitrogens with one attached hydrogen (secondary N) is 1. The van der Waals surface area contributed by atoms with E-state index in [4.69, 9.17) is 4.74 Å². The predicted octanol–water partition coefficient (Wildman–Crippen LogP) is 4.49. The van der Waals surface area contributed by atoms with Crippen LogP contribution in [0.4, 0.5) is 5.69 Å². The molecule has 5 nitrogen and oxygen atoms in total. The molecule has 0 radical (unpaired) electrons. The van der Waals surface area contributed by atoms with Gasteiger partial charge in [0.25, 0.3) is 11.8 Å². The van der Waals surface area contributed by atoms with Gasteiger partial charge in [-0.15, -0.1) is 11.3 Å². The van der Waals surface area contributed by atoms with Gasteiger partial charge < -0.3 is 15.0 Å². The maximum atomic E-state index is 12.7. The first-order chi connectivity index (χ1) is 13.7. The second kappa shape index (κ2) is 10.4. The van der Waals surface area contributed by atoms with Crippen molar-refractivity contribution in [2.24, 2.45) is 0 Å². The summed E-state index contributed by atoms with van der Waals surface area (Å²) >= 11 is 1.39. The van der Waals surface area contributed by atoms with Crippen molar-refractivity contribution < 1.29 is 14.3 Å². The number of thiophene rings is 1. The van der Waals surface area contributed by atoms with Gasteiger partial charge in [-0.3, -0.25) is 9.59 Å². The Morgan fingerprint density at radius 3 is 2.68 bits per heavy atom. The lowest BCUT2D eigenvalue weighted by molar-refractivity contribution is 0.0273. The Morgan fingerprint density at radius 1 is 1.14 bits per heavy atom. The quantitative estimate of drug-likeness (QED) is 0.664. The van der Waals surface area contributed by atoms with E-state index < -0.39 is 0 Å². The zero-order valence-electron chi connectivity index (χ0n) is 16.4. The average Bonchev–Trinajstić information content (AvgIpc) is 3.28. The summed E-state index contributed by atoms with van der Waals surface area (Å²) < 4.78 is 5.90. The Kier molecular flexibility index (Phi) is 7.62. The van der Waals surface area contributed by atoms with Gasteiger partial charge in [0.2, 0.25) is 0 Å². The minimum atomic E-state index is -0.168. The number of nitrogens with zero attached hydrogens (tertiary/aromatic N) is 1. The van der Waals surface area contributed by atoms with E-state index in [2.05, 4.69) is 5.32 Å². The molecule has 0 bridgehead atoms. The predicted molar refractivity (Wildman–Crippen MR) is 113 cm³/mol. The first-order valence-corrected chi connectivity index (χ1v) is 10.8. The van der Waals surface area contributed by atoms with Crippen molar-refractivity contribution in [3.63, 3.8) is 0 Å². The molecule has 1 heterocycles. The van der Waals surface area contributed by atoms with Crippen LogP contribution < -0.4 is 10.2 Å². The van der Waals surface area contributed by atoms with Crippen LogP contribution in [0.5, 0.6) is 0 Å². The lowest BCUT2D eigenvalue weighted by atomic mass is 9.98. The lowest BCUT2D eigenvalue weighted by Crippen LogP contribution is -2.31. The molecule has 1 aliphatic carbocycles. The Bertz CT molecular complexity index is 770. The summed E-state index contributed by atoms with van der Waals surface area (Å²) in [6.45, 7) is 1.23. The van der Waals surface area contributed by atoms with Gasteiger partial charge in [0.1, 0.15) is 0 Å². The second-order valence-corrected chi connectivity index (χ2v) is 8.05. The fourth-order valence-corrected chi connectivity index (χ4v) is 4.18. The summed E-state index contributed by atoms with van der Waals surface area (Å²) in [6, 6.07) is 10.8. The Balaban J connectivity index is 1.51. The smallest absolute Gasteiger partial charge is 0.268 e. The molecule has 0 atom stereocenters. The van der Waals surface area contributed by atoms with Crippen LogP contribution in [-0.4, -0.2) is 38.1 Å². The molecule has 0 saturated heterocycles. The molecule has 2 aromatic rings. The number of anilines is 1. The van der Waals surface area contributed by atoms with Crippen LogP contribution in [0.3, 0.4) is 0 Å². The fourth-order valence-electron chi connectivity index (χ4n) is 3.48. The summed E-state index contributed by atoms with van der Waals surface area (Å²) in [7, 11) is 1.70. The van der Waals surface area contributed by atoms with Crippen LogP contribution in [0.15, 0.2) is 41.8 Å². The molecule has 0 aliphatic heterocycles. The molecular formula is C22H28N2O3S. The van der Waals surface area contributed by atoms with Gasteiger partial charge in [-0.05, 0) is 42.8 Å². The summed E-state index contributed by atoms with van der Waals surface area (Å²) in [5.41, 5.74) is 1.11. The summed E-state index contributed by atoms with van der Waals surface area (Å²) in [6.07, 6.45) is 7.33. The number of benzene rings is 1. The van der Waals surface area contributed by atoms with Crippen molar-refractivity contribution in [2.75, 3.05) is 25.1 Å². The van der Waals surface area contributed by atoms with E-state index in [0.29, 0.717) is 35.4 Å². The standard InChI is InChI=1S/C22H28N2O3S/c1-24(22(26)20-13-7-16-28-20)19-12-6-5-11-18(19)21(25)23-14-8-15-27-17-9-3-2-4-10-17/h5-7,11-13,16-17H,2-4,8-10,14-15H2,1H3,(H,23,25). The van der Waals surface area contributed by atoms with Gasteiger partial charge in [-0.25, -0.2) is 0 Å². The Morgan fingerprint density at radius 2 is 1.93 bits per heavy atom. The van der Waals surface area contributed by atoms with Crippen molar-refractivity contribution in [1.82, 2.24) is 5.32 Å². The van der Waals surface area contributed by atoms with Crippen LogP contribution in [-0.2, 0) is 4.74 Å². The van der Waals surface area contributed by atoms with Crippen LogP contribution in [0.25, 0.3) is 0 Å². The molecule has 1 saturated carbocycles. The molecule has 3 rings (SSSR count). The third kappa shape index (κ3) is 5.42. The molecule has 1 N–H and O–H groups in total. The van der Waals surface area contributed by atoms with Gasteiger partial charge in [0, 0.05) is 20.2 Å². The van der Waals surface area contributed by atoms with Gasteiger partial charge in [-0.2, -0.15) is 0 Å². The van der Waals surface area contributed by atoms with Crippen LogP contribution >= 0.6 is 11.3 Å². The van der Waals surface area contributed by atoms with E-state index in [1.54, 1.807) is 25.2 Å². The van der Waals surface area contributed by atoms with Crippen molar-refractivity contribution in [2.45, 2.75) is 44.6 Å². The summed E-state index contributed by atoms with van der Waals surface area (Å²) in [4.78, 5) is 27.5. The number of carbonyl (C=O) groups excluding carboxylic acids is 2. The molecule has 1 aromatic carbocycles. The molecule has 1 aliphatic rings. The number of hydrogen-bond acceptors (Lipinski definition) is 4. The number of rotatable bonds is 8. The van der Waals surface area contributed by atoms with Crippen LogP contribution in [0.2, 0.25) is 0 Å². The zero-order chi connectivity index (χ0) is 19.8. The number of carbonyl (C=O) groups is 2. The first kappa shape index (κ1) is 20.6. The highest BCUT2D eigenvalue weighted by atomic mass is 32.1. The number of amides is 2. The van der Waals surface area contributed by atoms with Gasteiger partial charge >= 0.3 is 0 Å². The van der Waals surface area contributed by atoms with Crippen molar-refractivity contribution in [1.29, 1.82) is 0 Å². The minimum absolute atomic E-state index is 0.115. The second-order valence-electron chi connectivity index (χ2n) is 7.10. The molecule has 0 unspecified atom stereocenters. The average molecular weight is 401 g/mol. The highest BCUT2D eigenvalue weighted by Crippen LogP contribution is 2.23. The molecule has 1 fully saturated rings. The van der Waals surface area contributed by atoms with Gasteiger partial charge in [0.05, 0.1) is 22.2 Å². The Hall–Kier alpha value is -2.18. The van der Waals surface area contributed by atoms with E-state index in [9.17, 15) is 9.59 Å². The fraction of sp³-hybridized carbons (Fsp3) is 0.455. The van der Waals surface area contributed by atoms with E-state index in [1.807, 2.05) is 23.6 Å². The normalized spacial score (nSPS) is 14.6. The van der Waals surface area contributed by atoms with E-state index in [-0.39, 0.29) is 11.8 Å². The largest absolute Gasteiger partial charge is 0.378 e. The molecular weight excluding hydrogens is 372 g/mol. The topological polar surface area (TPSA) is 58.6 Å². The van der Waals surface area contributed by atoms with Crippen molar-refractivity contribution in [3.8, 4) is 0 Å². The molecule has 150 valence electrons. The molecule has 6 heteroatoms. The molecule has 2 amide bonds. The molecule has 0 spiro atoms. The van der Waals surface area contributed by atoms with E-state index >= 15 is 0 Å². The third-order valence-corrected chi connectivity index (χ3v) is 5.92. The minimum Gasteiger partial charge on any atom is -0.378 e. The van der Waals surface area contributed by atoms with E-state index in [1.165, 1.54) is 35.5 Å². The van der Waals surface area contributed by atoms with Crippen LogP contribution in [0, 0.1) is 0 Å². The maximum Gasteiger partial charge on any atom is 0.268 e. The van der Waals surface area contributed by atoms with Crippen molar-refractivity contribution >= 4 is 28.8 Å². The Labute approximate surface area is 170 Å². The number of para-hydroxylation sites is 1. The number of ether oxygens (including phenoxy) is 1. The van der Waals surface area contributed by atoms with Gasteiger partial charge in [0.15, 0.2) is 0 Å². The summed E-state index contributed by atoms with van der Waals surface area (Å²) in [5.74, 6) is -0.282. The van der Waals surface area contributed by atoms with Crippen LogP contribution in [0.1, 0.15) is 58.6 Å². The SMILES string of the molecule is CN(C(=O)c1cccs1)c1ccccc1C(=O)NCCCOC1CCCCC1. The van der Waals surface area contributed by atoms with Gasteiger partial charge in [-0.1, -0.05) is 37.5 Å². The highest BCUT2D eigenvalue weighted by molar-refractivity contribution is 7.12.